The van der Waals surface area contributed by atoms with Gasteiger partial charge in [-0.3, -0.25) is 9.59 Å². The molecule has 0 saturated heterocycles. The molecule has 0 radical (unpaired) electrons. The highest BCUT2D eigenvalue weighted by Gasteiger charge is 2.10. The zero-order valence-corrected chi connectivity index (χ0v) is 9.53. The maximum absolute atomic E-state index is 11.8. The highest BCUT2D eigenvalue weighted by Crippen LogP contribution is 1.99. The summed E-state index contributed by atoms with van der Waals surface area (Å²) in [6, 6.07) is 2.85. The summed E-state index contributed by atoms with van der Waals surface area (Å²) in [4.78, 5) is 26.7. The van der Waals surface area contributed by atoms with Gasteiger partial charge in [0.2, 0.25) is 5.56 Å². The van der Waals surface area contributed by atoms with Crippen molar-refractivity contribution in [1.29, 1.82) is 0 Å². The lowest BCUT2D eigenvalue weighted by atomic mass is 10.2. The van der Waals surface area contributed by atoms with Crippen LogP contribution in [0.5, 0.6) is 0 Å². The van der Waals surface area contributed by atoms with Crippen molar-refractivity contribution in [2.75, 3.05) is 26.8 Å². The number of hydrogen-bond acceptors (Lipinski definition) is 3. The number of hydrogen-bond donors (Lipinski definition) is 1. The van der Waals surface area contributed by atoms with Gasteiger partial charge in [-0.2, -0.15) is 0 Å². The fourth-order valence-electron chi connectivity index (χ4n) is 1.21. The largest absolute Gasteiger partial charge is 0.380 e. The molecule has 0 aliphatic carbocycles. The van der Waals surface area contributed by atoms with E-state index in [2.05, 4.69) is 4.98 Å². The number of carbonyl (C=O) groups excluding carboxylic acids is 1. The van der Waals surface area contributed by atoms with Gasteiger partial charge in [-0.15, -0.1) is 0 Å². The van der Waals surface area contributed by atoms with E-state index in [0.29, 0.717) is 25.3 Å². The summed E-state index contributed by atoms with van der Waals surface area (Å²) in [7, 11) is 1.70. The zero-order valence-electron chi connectivity index (χ0n) is 9.53. The van der Waals surface area contributed by atoms with Gasteiger partial charge in [0.15, 0.2) is 0 Å². The topological polar surface area (TPSA) is 62.4 Å². The molecule has 0 aliphatic heterocycles. The van der Waals surface area contributed by atoms with Crippen molar-refractivity contribution in [3.8, 4) is 0 Å². The van der Waals surface area contributed by atoms with Gasteiger partial charge in [0.05, 0.1) is 12.2 Å². The third-order valence-corrected chi connectivity index (χ3v) is 2.15. The van der Waals surface area contributed by atoms with Crippen molar-refractivity contribution >= 4 is 5.91 Å². The van der Waals surface area contributed by atoms with Crippen LogP contribution in [0.2, 0.25) is 0 Å². The quantitative estimate of drug-likeness (QED) is 0.740. The average Bonchev–Trinajstić information content (AvgIpc) is 2.29. The number of nitrogens with zero attached hydrogens (tertiary/aromatic N) is 1. The molecule has 5 nitrogen and oxygen atoms in total. The van der Waals surface area contributed by atoms with Crippen LogP contribution in [-0.2, 0) is 4.74 Å². The molecule has 1 heterocycles. The molecule has 0 fully saturated rings. The predicted octanol–water partition coefficient (Wildman–Crippen LogP) is 0.483. The monoisotopic (exact) mass is 224 g/mol. The third-order valence-electron chi connectivity index (χ3n) is 2.15. The normalized spacial score (nSPS) is 10.1. The van der Waals surface area contributed by atoms with Crippen molar-refractivity contribution in [3.05, 3.63) is 34.2 Å². The standard InChI is InChI=1S/C11H16N2O3/c1-3-16-7-6-13(2)11(15)9-4-5-10(14)12-8-9/h4-5,8H,3,6-7H2,1-2H3,(H,12,14). The molecule has 0 aromatic carbocycles. The fourth-order valence-corrected chi connectivity index (χ4v) is 1.21. The molecule has 0 aliphatic rings. The lowest BCUT2D eigenvalue weighted by molar-refractivity contribution is 0.0709. The number of ether oxygens (including phenoxy) is 1. The molecule has 1 N–H and O–H groups in total. The lowest BCUT2D eigenvalue weighted by Gasteiger charge is -2.16. The number of likely N-dealkylation sites (N-methyl/N-ethyl adjacent to an activating group) is 1. The van der Waals surface area contributed by atoms with Gasteiger partial charge in [0.1, 0.15) is 0 Å². The van der Waals surface area contributed by atoms with E-state index < -0.39 is 0 Å². The van der Waals surface area contributed by atoms with Crippen LogP contribution in [-0.4, -0.2) is 42.6 Å². The minimum absolute atomic E-state index is 0.129. The van der Waals surface area contributed by atoms with Crippen LogP contribution >= 0.6 is 0 Å². The Labute approximate surface area is 94.0 Å². The zero-order chi connectivity index (χ0) is 12.0. The van der Waals surface area contributed by atoms with Gasteiger partial charge in [0, 0.05) is 32.5 Å². The van der Waals surface area contributed by atoms with E-state index in [1.54, 1.807) is 11.9 Å². The summed E-state index contributed by atoms with van der Waals surface area (Å²) in [5.74, 6) is -0.129. The molecule has 1 aromatic heterocycles. The molecule has 1 aromatic rings. The Hall–Kier alpha value is -1.62. The third kappa shape index (κ3) is 3.51. The Kier molecular flexibility index (Phi) is 4.72. The molecule has 16 heavy (non-hydrogen) atoms. The van der Waals surface area contributed by atoms with Crippen LogP contribution < -0.4 is 5.56 Å². The number of amides is 1. The van der Waals surface area contributed by atoms with Gasteiger partial charge in [-0.1, -0.05) is 0 Å². The Morgan fingerprint density at radius 2 is 2.25 bits per heavy atom. The molecule has 0 atom stereocenters. The summed E-state index contributed by atoms with van der Waals surface area (Å²) < 4.78 is 5.16. The first-order chi connectivity index (χ1) is 7.65. The first kappa shape index (κ1) is 12.4. The van der Waals surface area contributed by atoms with Crippen molar-refractivity contribution in [1.82, 2.24) is 9.88 Å². The predicted molar refractivity (Wildman–Crippen MR) is 60.5 cm³/mol. The minimum atomic E-state index is -0.214. The van der Waals surface area contributed by atoms with Crippen molar-refractivity contribution in [2.45, 2.75) is 6.92 Å². The summed E-state index contributed by atoms with van der Waals surface area (Å²) in [6.07, 6.45) is 1.42. The van der Waals surface area contributed by atoms with E-state index in [9.17, 15) is 9.59 Å². The van der Waals surface area contributed by atoms with E-state index in [1.807, 2.05) is 6.92 Å². The average molecular weight is 224 g/mol. The first-order valence-electron chi connectivity index (χ1n) is 5.17. The van der Waals surface area contributed by atoms with Crippen LogP contribution in [0.4, 0.5) is 0 Å². The maximum atomic E-state index is 11.8. The Morgan fingerprint density at radius 3 is 2.81 bits per heavy atom. The summed E-state index contributed by atoms with van der Waals surface area (Å²) in [5.41, 5.74) is 0.257. The van der Waals surface area contributed by atoms with E-state index >= 15 is 0 Å². The van der Waals surface area contributed by atoms with Gasteiger partial charge in [-0.25, -0.2) is 0 Å². The Morgan fingerprint density at radius 1 is 1.50 bits per heavy atom. The van der Waals surface area contributed by atoms with Crippen LogP contribution in [0.25, 0.3) is 0 Å². The van der Waals surface area contributed by atoms with Crippen LogP contribution in [0, 0.1) is 0 Å². The number of aromatic amines is 1. The van der Waals surface area contributed by atoms with Crippen molar-refractivity contribution < 1.29 is 9.53 Å². The molecule has 5 heteroatoms. The van der Waals surface area contributed by atoms with E-state index in [4.69, 9.17) is 4.74 Å². The van der Waals surface area contributed by atoms with Gasteiger partial charge >= 0.3 is 0 Å². The van der Waals surface area contributed by atoms with Gasteiger partial charge in [-0.05, 0) is 13.0 Å². The fraction of sp³-hybridized carbons (Fsp3) is 0.455. The van der Waals surface area contributed by atoms with Crippen LogP contribution in [0.15, 0.2) is 23.1 Å². The Balaban J connectivity index is 2.56. The minimum Gasteiger partial charge on any atom is -0.380 e. The second-order valence-electron chi connectivity index (χ2n) is 3.37. The smallest absolute Gasteiger partial charge is 0.255 e. The maximum Gasteiger partial charge on any atom is 0.255 e. The Bertz CT molecular complexity index is 380. The molecule has 0 unspecified atom stereocenters. The molecule has 0 bridgehead atoms. The lowest BCUT2D eigenvalue weighted by Crippen LogP contribution is -2.30. The highest BCUT2D eigenvalue weighted by atomic mass is 16.5. The van der Waals surface area contributed by atoms with Crippen LogP contribution in [0.3, 0.4) is 0 Å². The number of carbonyl (C=O) groups is 1. The second kappa shape index (κ2) is 6.07. The van der Waals surface area contributed by atoms with E-state index in [0.717, 1.165) is 0 Å². The van der Waals surface area contributed by atoms with E-state index in [1.165, 1.54) is 18.3 Å². The number of nitrogens with one attached hydrogen (secondary N) is 1. The summed E-state index contributed by atoms with van der Waals surface area (Å²) >= 11 is 0. The molecule has 88 valence electrons. The van der Waals surface area contributed by atoms with Crippen molar-refractivity contribution in [2.24, 2.45) is 0 Å². The molecule has 1 rings (SSSR count). The summed E-state index contributed by atoms with van der Waals surface area (Å²) in [5, 5.41) is 0. The molecular weight excluding hydrogens is 208 g/mol. The number of H-pyrrole nitrogens is 1. The van der Waals surface area contributed by atoms with Crippen molar-refractivity contribution in [3.63, 3.8) is 0 Å². The SMILES string of the molecule is CCOCCN(C)C(=O)c1ccc(=O)[nH]c1. The summed E-state index contributed by atoms with van der Waals surface area (Å²) in [6.45, 7) is 3.60. The van der Waals surface area contributed by atoms with Gasteiger partial charge < -0.3 is 14.6 Å². The number of aromatic nitrogens is 1. The van der Waals surface area contributed by atoms with Crippen LogP contribution in [0.1, 0.15) is 17.3 Å². The molecule has 0 spiro atoms. The number of rotatable bonds is 5. The second-order valence-corrected chi connectivity index (χ2v) is 3.37. The van der Waals surface area contributed by atoms with Gasteiger partial charge in [0.25, 0.3) is 5.91 Å². The molecule has 1 amide bonds. The molecular formula is C11H16N2O3. The molecule has 0 saturated carbocycles. The highest BCUT2D eigenvalue weighted by molar-refractivity contribution is 5.93. The first-order valence-corrected chi connectivity index (χ1v) is 5.17. The number of pyridine rings is 1. The van der Waals surface area contributed by atoms with E-state index in [-0.39, 0.29) is 11.5 Å².